The van der Waals surface area contributed by atoms with E-state index in [-0.39, 0.29) is 0 Å². The number of nitrogens with one attached hydrogen (secondary N) is 1. The minimum Gasteiger partial charge on any atom is -0.215 e. The standard InChI is InChI=1S/C5H11NO2S.C4H9NO2S/c1-6-4-2-3-5-9(6,7)8;6-8(7)4-2-1-3-5-8/h2-5H2,1H3;5H,1-4H2. The maximum Gasteiger partial charge on any atom is 0.213 e. The molecule has 2 aliphatic heterocycles. The Labute approximate surface area is 103 Å². The van der Waals surface area contributed by atoms with Crippen LogP contribution in [0, 0.1) is 0 Å². The molecule has 102 valence electrons. The van der Waals surface area contributed by atoms with Gasteiger partial charge in [-0.05, 0) is 25.7 Å². The summed E-state index contributed by atoms with van der Waals surface area (Å²) in [5.74, 6) is 0.649. The summed E-state index contributed by atoms with van der Waals surface area (Å²) in [5.41, 5.74) is 0. The Hall–Kier alpha value is -0.180. The molecule has 2 fully saturated rings. The lowest BCUT2D eigenvalue weighted by Crippen LogP contribution is -2.34. The van der Waals surface area contributed by atoms with Crippen LogP contribution in [0.1, 0.15) is 25.7 Å². The molecule has 2 rings (SSSR count). The summed E-state index contributed by atoms with van der Waals surface area (Å²) < 4.78 is 46.8. The summed E-state index contributed by atoms with van der Waals surface area (Å²) in [5, 5.41) is 0. The molecule has 0 aromatic rings. The molecule has 2 saturated heterocycles. The van der Waals surface area contributed by atoms with Gasteiger partial charge in [0.15, 0.2) is 0 Å². The van der Waals surface area contributed by atoms with E-state index >= 15 is 0 Å². The van der Waals surface area contributed by atoms with Crippen molar-refractivity contribution in [2.45, 2.75) is 25.7 Å². The Bertz CT molecular complexity index is 418. The average molecular weight is 284 g/mol. The van der Waals surface area contributed by atoms with Gasteiger partial charge in [0.2, 0.25) is 20.0 Å². The maximum absolute atomic E-state index is 10.9. The molecule has 0 atom stereocenters. The summed E-state index contributed by atoms with van der Waals surface area (Å²) in [6.45, 7) is 1.32. The fraction of sp³-hybridized carbons (Fsp3) is 1.00. The van der Waals surface area contributed by atoms with Crippen LogP contribution in [0.4, 0.5) is 0 Å². The molecule has 0 aliphatic carbocycles. The van der Waals surface area contributed by atoms with E-state index in [0.717, 1.165) is 25.7 Å². The lowest BCUT2D eigenvalue weighted by Gasteiger charge is -2.21. The summed E-state index contributed by atoms with van der Waals surface area (Å²) in [6.07, 6.45) is 3.64. The normalized spacial score (nSPS) is 27.8. The Morgan fingerprint density at radius 3 is 1.88 bits per heavy atom. The highest BCUT2D eigenvalue weighted by Gasteiger charge is 2.20. The maximum atomic E-state index is 10.9. The van der Waals surface area contributed by atoms with Gasteiger partial charge in [0.1, 0.15) is 0 Å². The van der Waals surface area contributed by atoms with Crippen molar-refractivity contribution in [1.29, 1.82) is 0 Å². The second kappa shape index (κ2) is 6.12. The number of sulfonamides is 2. The molecule has 0 aromatic heterocycles. The van der Waals surface area contributed by atoms with Gasteiger partial charge < -0.3 is 0 Å². The zero-order chi connectivity index (χ0) is 12.9. The SMILES string of the molecule is CN1CCCCS1(=O)=O.O=S1(=O)CCCCN1. The second-order valence-corrected chi connectivity index (χ2v) is 8.39. The Morgan fingerprint density at radius 1 is 0.941 bits per heavy atom. The van der Waals surface area contributed by atoms with Crippen LogP contribution in [-0.2, 0) is 20.0 Å². The van der Waals surface area contributed by atoms with Crippen molar-refractivity contribution >= 4 is 20.0 Å². The molecule has 0 saturated carbocycles. The topological polar surface area (TPSA) is 83.6 Å². The predicted octanol–water partition coefficient (Wildman–Crippen LogP) is -0.259. The molecular formula is C9H20N2O4S2. The molecule has 2 aliphatic rings. The molecule has 0 unspecified atom stereocenters. The minimum absolute atomic E-state index is 0.312. The van der Waals surface area contributed by atoms with E-state index in [4.69, 9.17) is 0 Å². The van der Waals surface area contributed by atoms with Gasteiger partial charge in [0.25, 0.3) is 0 Å². The Morgan fingerprint density at radius 2 is 1.59 bits per heavy atom. The van der Waals surface area contributed by atoms with E-state index in [0.29, 0.717) is 24.6 Å². The first-order chi connectivity index (χ1) is 7.83. The highest BCUT2D eigenvalue weighted by atomic mass is 32.2. The lowest BCUT2D eigenvalue weighted by molar-refractivity contribution is 0.435. The highest BCUT2D eigenvalue weighted by molar-refractivity contribution is 7.89. The van der Waals surface area contributed by atoms with Gasteiger partial charge in [0.05, 0.1) is 11.5 Å². The van der Waals surface area contributed by atoms with Crippen LogP contribution in [0.3, 0.4) is 0 Å². The van der Waals surface area contributed by atoms with Gasteiger partial charge in [-0.15, -0.1) is 0 Å². The van der Waals surface area contributed by atoms with Gasteiger partial charge in [-0.25, -0.2) is 25.9 Å². The largest absolute Gasteiger partial charge is 0.215 e. The third kappa shape index (κ3) is 5.33. The fourth-order valence-electron chi connectivity index (χ4n) is 1.63. The van der Waals surface area contributed by atoms with Crippen LogP contribution in [0.25, 0.3) is 0 Å². The Balaban J connectivity index is 0.000000171. The van der Waals surface area contributed by atoms with Gasteiger partial charge in [-0.3, -0.25) is 0 Å². The van der Waals surface area contributed by atoms with Crippen LogP contribution < -0.4 is 4.72 Å². The first kappa shape index (κ1) is 14.9. The molecule has 0 radical (unpaired) electrons. The van der Waals surface area contributed by atoms with Crippen LogP contribution in [0.2, 0.25) is 0 Å². The molecule has 0 spiro atoms. The van der Waals surface area contributed by atoms with Crippen molar-refractivity contribution < 1.29 is 16.8 Å². The molecule has 0 amide bonds. The van der Waals surface area contributed by atoms with Crippen molar-refractivity contribution in [2.24, 2.45) is 0 Å². The van der Waals surface area contributed by atoms with E-state index in [1.165, 1.54) is 4.31 Å². The summed E-state index contributed by atoms with van der Waals surface area (Å²) in [4.78, 5) is 0. The minimum atomic E-state index is -2.83. The summed E-state index contributed by atoms with van der Waals surface area (Å²) >= 11 is 0. The van der Waals surface area contributed by atoms with Crippen molar-refractivity contribution in [3.8, 4) is 0 Å². The Kier molecular flexibility index (Phi) is 5.36. The average Bonchev–Trinajstić information content (AvgIpc) is 2.23. The molecule has 1 N–H and O–H groups in total. The summed E-state index contributed by atoms with van der Waals surface area (Å²) in [6, 6.07) is 0. The fourth-order valence-corrected chi connectivity index (χ4v) is 4.10. The van der Waals surface area contributed by atoms with Gasteiger partial charge in [-0.1, -0.05) is 0 Å². The van der Waals surface area contributed by atoms with Crippen molar-refractivity contribution in [2.75, 3.05) is 31.6 Å². The van der Waals surface area contributed by atoms with Gasteiger partial charge >= 0.3 is 0 Å². The molecule has 6 nitrogen and oxygen atoms in total. The number of hydrogen-bond acceptors (Lipinski definition) is 4. The molecular weight excluding hydrogens is 264 g/mol. The van der Waals surface area contributed by atoms with E-state index in [9.17, 15) is 16.8 Å². The third-order valence-electron chi connectivity index (χ3n) is 2.76. The summed E-state index contributed by atoms with van der Waals surface area (Å²) in [7, 11) is -4.03. The van der Waals surface area contributed by atoms with E-state index in [1.807, 2.05) is 0 Å². The first-order valence-electron chi connectivity index (χ1n) is 5.75. The first-order valence-corrected chi connectivity index (χ1v) is 9.01. The van der Waals surface area contributed by atoms with Gasteiger partial charge in [-0.2, -0.15) is 0 Å². The molecule has 2 heterocycles. The zero-order valence-corrected chi connectivity index (χ0v) is 11.7. The van der Waals surface area contributed by atoms with Crippen LogP contribution >= 0.6 is 0 Å². The lowest BCUT2D eigenvalue weighted by atomic mass is 10.3. The number of rotatable bonds is 0. The van der Waals surface area contributed by atoms with Crippen molar-refractivity contribution in [3.63, 3.8) is 0 Å². The van der Waals surface area contributed by atoms with E-state index in [1.54, 1.807) is 7.05 Å². The smallest absolute Gasteiger partial charge is 0.213 e. The third-order valence-corrected chi connectivity index (χ3v) is 6.17. The van der Waals surface area contributed by atoms with Crippen LogP contribution in [-0.4, -0.2) is 52.8 Å². The predicted molar refractivity (Wildman–Crippen MR) is 66.7 cm³/mol. The monoisotopic (exact) mass is 284 g/mol. The number of nitrogens with zero attached hydrogens (tertiary/aromatic N) is 1. The molecule has 17 heavy (non-hydrogen) atoms. The molecule has 0 bridgehead atoms. The highest BCUT2D eigenvalue weighted by Crippen LogP contribution is 2.09. The van der Waals surface area contributed by atoms with Gasteiger partial charge in [0, 0.05) is 20.1 Å². The zero-order valence-electron chi connectivity index (χ0n) is 10.1. The van der Waals surface area contributed by atoms with Crippen LogP contribution in [0.15, 0.2) is 0 Å². The molecule has 8 heteroatoms. The quantitative estimate of drug-likeness (QED) is 0.664. The van der Waals surface area contributed by atoms with E-state index < -0.39 is 20.0 Å². The number of hydrogen-bond donors (Lipinski definition) is 1. The van der Waals surface area contributed by atoms with E-state index in [2.05, 4.69) is 4.72 Å². The van der Waals surface area contributed by atoms with Crippen molar-refractivity contribution in [1.82, 2.24) is 9.03 Å². The second-order valence-electron chi connectivity index (χ2n) is 4.26. The molecule has 0 aromatic carbocycles. The van der Waals surface area contributed by atoms with Crippen LogP contribution in [0.5, 0.6) is 0 Å². The van der Waals surface area contributed by atoms with Crippen molar-refractivity contribution in [3.05, 3.63) is 0 Å².